The lowest BCUT2D eigenvalue weighted by Crippen LogP contribution is -2.33. The summed E-state index contributed by atoms with van der Waals surface area (Å²) < 4.78 is 1.99. The highest BCUT2D eigenvalue weighted by Gasteiger charge is 2.14. The highest BCUT2D eigenvalue weighted by Crippen LogP contribution is 2.17. The standard InChI is InChI=1S/C17H20N4/c1-13(14(2)21-11-5-10-20-21)19-12-16-7-3-6-15-8-4-9-18-17(15)16/h3-11,13-14,19H,12H2,1-2H3/t13-,14+/m0/s1. The SMILES string of the molecule is C[C@H](NCc1cccc2cccnc12)[C@@H](C)n1cccn1. The Morgan fingerprint density at radius 1 is 1.10 bits per heavy atom. The number of benzene rings is 1. The summed E-state index contributed by atoms with van der Waals surface area (Å²) in [4.78, 5) is 4.50. The van der Waals surface area contributed by atoms with Crippen molar-refractivity contribution in [2.75, 3.05) is 0 Å². The monoisotopic (exact) mass is 280 g/mol. The fourth-order valence-electron chi connectivity index (χ4n) is 2.50. The van der Waals surface area contributed by atoms with Crippen LogP contribution in [0.1, 0.15) is 25.5 Å². The molecule has 21 heavy (non-hydrogen) atoms. The maximum atomic E-state index is 4.50. The van der Waals surface area contributed by atoms with Gasteiger partial charge in [0.1, 0.15) is 0 Å². The summed E-state index contributed by atoms with van der Waals surface area (Å²) in [5, 5.41) is 9.07. The second kappa shape index (κ2) is 6.06. The summed E-state index contributed by atoms with van der Waals surface area (Å²) in [7, 11) is 0. The zero-order valence-electron chi connectivity index (χ0n) is 12.4. The molecule has 0 unspecified atom stereocenters. The molecule has 0 radical (unpaired) electrons. The molecular weight excluding hydrogens is 260 g/mol. The van der Waals surface area contributed by atoms with E-state index in [-0.39, 0.29) is 0 Å². The Kier molecular flexibility index (Phi) is 3.97. The Morgan fingerprint density at radius 2 is 1.95 bits per heavy atom. The van der Waals surface area contributed by atoms with Crippen molar-refractivity contribution in [3.8, 4) is 0 Å². The summed E-state index contributed by atoms with van der Waals surface area (Å²) >= 11 is 0. The molecule has 0 amide bonds. The van der Waals surface area contributed by atoms with Crippen LogP contribution in [0.3, 0.4) is 0 Å². The number of fused-ring (bicyclic) bond motifs is 1. The second-order valence-electron chi connectivity index (χ2n) is 5.39. The number of nitrogens with one attached hydrogen (secondary N) is 1. The minimum absolute atomic E-state index is 0.308. The summed E-state index contributed by atoms with van der Waals surface area (Å²) in [5.74, 6) is 0. The molecule has 1 N–H and O–H groups in total. The third-order valence-electron chi connectivity index (χ3n) is 4.00. The van der Waals surface area contributed by atoms with Crippen molar-refractivity contribution < 1.29 is 0 Å². The first kappa shape index (κ1) is 13.8. The molecule has 108 valence electrons. The maximum Gasteiger partial charge on any atom is 0.0746 e. The van der Waals surface area contributed by atoms with Gasteiger partial charge in [0.2, 0.25) is 0 Å². The largest absolute Gasteiger partial charge is 0.308 e. The highest BCUT2D eigenvalue weighted by atomic mass is 15.3. The van der Waals surface area contributed by atoms with E-state index >= 15 is 0 Å². The third kappa shape index (κ3) is 2.95. The van der Waals surface area contributed by atoms with E-state index in [2.05, 4.69) is 53.5 Å². The molecule has 4 nitrogen and oxygen atoms in total. The van der Waals surface area contributed by atoms with Crippen molar-refractivity contribution in [2.24, 2.45) is 0 Å². The van der Waals surface area contributed by atoms with Crippen LogP contribution in [0.4, 0.5) is 0 Å². The second-order valence-corrected chi connectivity index (χ2v) is 5.39. The molecule has 0 saturated carbocycles. The number of rotatable bonds is 5. The molecule has 3 rings (SSSR count). The molecule has 0 aliphatic heterocycles. The smallest absolute Gasteiger partial charge is 0.0746 e. The van der Waals surface area contributed by atoms with E-state index in [1.807, 2.05) is 35.4 Å². The Balaban J connectivity index is 1.72. The fraction of sp³-hybridized carbons (Fsp3) is 0.294. The summed E-state index contributed by atoms with van der Waals surface area (Å²) in [6.07, 6.45) is 5.67. The predicted molar refractivity (Wildman–Crippen MR) is 85.0 cm³/mol. The number of aromatic nitrogens is 3. The van der Waals surface area contributed by atoms with Crippen LogP contribution in [0.15, 0.2) is 55.0 Å². The first-order valence-corrected chi connectivity index (χ1v) is 7.31. The van der Waals surface area contributed by atoms with Gasteiger partial charge in [-0.05, 0) is 31.5 Å². The van der Waals surface area contributed by atoms with E-state index in [1.165, 1.54) is 10.9 Å². The molecule has 3 aromatic rings. The number of nitrogens with zero attached hydrogens (tertiary/aromatic N) is 3. The number of hydrogen-bond donors (Lipinski definition) is 1. The summed E-state index contributed by atoms with van der Waals surface area (Å²) in [5.41, 5.74) is 2.30. The van der Waals surface area contributed by atoms with Gasteiger partial charge >= 0.3 is 0 Å². The fourth-order valence-corrected chi connectivity index (χ4v) is 2.50. The van der Waals surface area contributed by atoms with Crippen LogP contribution in [0.5, 0.6) is 0 Å². The third-order valence-corrected chi connectivity index (χ3v) is 4.00. The Morgan fingerprint density at radius 3 is 2.76 bits per heavy atom. The molecule has 4 heteroatoms. The van der Waals surface area contributed by atoms with E-state index in [0.29, 0.717) is 12.1 Å². The van der Waals surface area contributed by atoms with Gasteiger partial charge in [0.05, 0.1) is 11.6 Å². The predicted octanol–water partition coefficient (Wildman–Crippen LogP) is 3.17. The lowest BCUT2D eigenvalue weighted by atomic mass is 10.1. The van der Waals surface area contributed by atoms with Crippen LogP contribution < -0.4 is 5.32 Å². The lowest BCUT2D eigenvalue weighted by Gasteiger charge is -2.22. The van der Waals surface area contributed by atoms with E-state index in [1.54, 1.807) is 0 Å². The molecule has 2 atom stereocenters. The Labute approximate surface area is 124 Å². The Hall–Kier alpha value is -2.20. The topological polar surface area (TPSA) is 42.7 Å². The molecule has 0 aliphatic carbocycles. The minimum Gasteiger partial charge on any atom is -0.308 e. The molecular formula is C17H20N4. The van der Waals surface area contributed by atoms with Gasteiger partial charge in [-0.2, -0.15) is 5.10 Å². The first-order valence-electron chi connectivity index (χ1n) is 7.31. The molecule has 0 bridgehead atoms. The van der Waals surface area contributed by atoms with Crippen LogP contribution in [0, 0.1) is 0 Å². The minimum atomic E-state index is 0.308. The van der Waals surface area contributed by atoms with Crippen LogP contribution in [0.2, 0.25) is 0 Å². The number of pyridine rings is 1. The molecule has 2 heterocycles. The van der Waals surface area contributed by atoms with Crippen LogP contribution in [-0.2, 0) is 6.54 Å². The molecule has 0 saturated heterocycles. The van der Waals surface area contributed by atoms with Gasteiger partial charge in [-0.3, -0.25) is 9.67 Å². The normalized spacial score (nSPS) is 14.2. The maximum absolute atomic E-state index is 4.50. The van der Waals surface area contributed by atoms with E-state index < -0.39 is 0 Å². The van der Waals surface area contributed by atoms with Gasteiger partial charge in [-0.15, -0.1) is 0 Å². The van der Waals surface area contributed by atoms with Crippen LogP contribution in [-0.4, -0.2) is 20.8 Å². The van der Waals surface area contributed by atoms with Gasteiger partial charge < -0.3 is 5.32 Å². The van der Waals surface area contributed by atoms with Crippen molar-refractivity contribution in [1.29, 1.82) is 0 Å². The molecule has 0 fully saturated rings. The van der Waals surface area contributed by atoms with Gasteiger partial charge in [0.15, 0.2) is 0 Å². The van der Waals surface area contributed by atoms with Crippen molar-refractivity contribution >= 4 is 10.9 Å². The lowest BCUT2D eigenvalue weighted by molar-refractivity contribution is 0.365. The van der Waals surface area contributed by atoms with Crippen molar-refractivity contribution in [2.45, 2.75) is 32.5 Å². The zero-order valence-corrected chi connectivity index (χ0v) is 12.4. The summed E-state index contributed by atoms with van der Waals surface area (Å²) in [6, 6.07) is 13.0. The summed E-state index contributed by atoms with van der Waals surface area (Å²) in [6.45, 7) is 5.16. The average Bonchev–Trinajstić information content (AvgIpc) is 3.06. The quantitative estimate of drug-likeness (QED) is 0.780. The average molecular weight is 280 g/mol. The van der Waals surface area contributed by atoms with Crippen LogP contribution >= 0.6 is 0 Å². The van der Waals surface area contributed by atoms with Gasteiger partial charge in [-0.25, -0.2) is 0 Å². The molecule has 1 aromatic carbocycles. The van der Waals surface area contributed by atoms with Crippen molar-refractivity contribution in [1.82, 2.24) is 20.1 Å². The van der Waals surface area contributed by atoms with Gasteiger partial charge in [-0.1, -0.05) is 24.3 Å². The number of hydrogen-bond acceptors (Lipinski definition) is 3. The number of para-hydroxylation sites is 1. The van der Waals surface area contributed by atoms with E-state index in [4.69, 9.17) is 0 Å². The zero-order chi connectivity index (χ0) is 14.7. The van der Waals surface area contributed by atoms with Crippen molar-refractivity contribution in [3.63, 3.8) is 0 Å². The first-order chi connectivity index (χ1) is 10.3. The highest BCUT2D eigenvalue weighted by molar-refractivity contribution is 5.81. The van der Waals surface area contributed by atoms with Crippen LogP contribution in [0.25, 0.3) is 10.9 Å². The van der Waals surface area contributed by atoms with Gasteiger partial charge in [0.25, 0.3) is 0 Å². The molecule has 0 aliphatic rings. The molecule has 2 aromatic heterocycles. The van der Waals surface area contributed by atoms with Gasteiger partial charge in [0, 0.05) is 36.6 Å². The Bertz CT molecular complexity index is 700. The van der Waals surface area contributed by atoms with Crippen molar-refractivity contribution in [3.05, 3.63) is 60.6 Å². The van der Waals surface area contributed by atoms with E-state index in [9.17, 15) is 0 Å². The molecule has 0 spiro atoms. The van der Waals surface area contributed by atoms with E-state index in [0.717, 1.165) is 12.1 Å².